The molecule has 0 saturated carbocycles. The van der Waals surface area contributed by atoms with E-state index in [0.29, 0.717) is 23.0 Å². The Labute approximate surface area is 172 Å². The Morgan fingerprint density at radius 1 is 1.23 bits per heavy atom. The van der Waals surface area contributed by atoms with Gasteiger partial charge in [0.15, 0.2) is 17.4 Å². The normalized spacial score (nSPS) is 10.6. The number of carbonyl (C=O) groups excluding carboxylic acids is 1. The molecule has 9 heteroatoms. The van der Waals surface area contributed by atoms with Gasteiger partial charge in [-0.25, -0.2) is 19.7 Å². The largest absolute Gasteiger partial charge is 0.491 e. The third-order valence-electron chi connectivity index (χ3n) is 4.28. The van der Waals surface area contributed by atoms with Gasteiger partial charge in [-0.2, -0.15) is 5.10 Å². The van der Waals surface area contributed by atoms with Crippen LogP contribution in [0.3, 0.4) is 0 Å². The number of methoxy groups -OCH3 is 1. The molecule has 3 heterocycles. The molecule has 150 valence electrons. The first-order valence-electron chi connectivity index (χ1n) is 9.05. The summed E-state index contributed by atoms with van der Waals surface area (Å²) in [5.74, 6) is 0.847. The number of rotatable bonds is 6. The molecule has 1 amide bonds. The molecular formula is C21H18N6O3. The number of fused-ring (bicyclic) bond motifs is 1. The molecule has 0 aliphatic heterocycles. The van der Waals surface area contributed by atoms with E-state index in [2.05, 4.69) is 31.7 Å². The zero-order valence-corrected chi connectivity index (χ0v) is 16.1. The molecule has 30 heavy (non-hydrogen) atoms. The van der Waals surface area contributed by atoms with E-state index in [1.807, 2.05) is 24.3 Å². The fourth-order valence-corrected chi connectivity index (χ4v) is 2.92. The number of anilines is 2. The van der Waals surface area contributed by atoms with E-state index < -0.39 is 6.09 Å². The Balaban J connectivity index is 1.86. The van der Waals surface area contributed by atoms with Crippen LogP contribution in [0.1, 0.15) is 0 Å². The predicted octanol–water partition coefficient (Wildman–Crippen LogP) is 3.88. The van der Waals surface area contributed by atoms with Crippen molar-refractivity contribution in [3.63, 3.8) is 0 Å². The quantitative estimate of drug-likeness (QED) is 0.488. The van der Waals surface area contributed by atoms with Gasteiger partial charge in [0.25, 0.3) is 0 Å². The Morgan fingerprint density at radius 2 is 2.03 bits per heavy atom. The Bertz CT molecular complexity index is 1190. The second-order valence-electron chi connectivity index (χ2n) is 6.11. The summed E-state index contributed by atoms with van der Waals surface area (Å²) in [6.07, 6.45) is 5.48. The van der Waals surface area contributed by atoms with Crippen LogP contribution < -0.4 is 9.64 Å². The van der Waals surface area contributed by atoms with Crippen molar-refractivity contribution < 1.29 is 14.3 Å². The molecule has 1 N–H and O–H groups in total. The Kier molecular flexibility index (Phi) is 5.33. The SMILES string of the molecule is C=CCOC(=O)N(c1ccncc1)c1nc(-c2n[nH]c3ccccc23)ncc1OC. The van der Waals surface area contributed by atoms with Crippen LogP contribution in [-0.2, 0) is 4.74 Å². The van der Waals surface area contributed by atoms with Gasteiger partial charge in [-0.3, -0.25) is 10.1 Å². The number of hydrogen-bond acceptors (Lipinski definition) is 7. The molecule has 0 saturated heterocycles. The standard InChI is InChI=1S/C21H18N6O3/c1-3-12-30-21(28)27(14-8-10-22-11-9-14)20-17(29-2)13-23-19(24-20)18-15-6-4-5-7-16(15)25-26-18/h3-11,13H,1,12H2,2H3,(H,25,26). The van der Waals surface area contributed by atoms with E-state index in [-0.39, 0.29) is 12.4 Å². The van der Waals surface area contributed by atoms with Crippen molar-refractivity contribution in [1.82, 2.24) is 25.1 Å². The second kappa shape index (κ2) is 8.39. The molecule has 1 aromatic carbocycles. The molecular weight excluding hydrogens is 384 g/mol. The van der Waals surface area contributed by atoms with Crippen LogP contribution in [0.4, 0.5) is 16.3 Å². The highest BCUT2D eigenvalue weighted by molar-refractivity contribution is 5.97. The number of nitrogens with one attached hydrogen (secondary N) is 1. The van der Waals surface area contributed by atoms with E-state index in [1.54, 1.807) is 24.5 Å². The predicted molar refractivity (Wildman–Crippen MR) is 112 cm³/mol. The zero-order chi connectivity index (χ0) is 20.9. The monoisotopic (exact) mass is 402 g/mol. The van der Waals surface area contributed by atoms with Crippen LogP contribution in [0.2, 0.25) is 0 Å². The van der Waals surface area contributed by atoms with E-state index >= 15 is 0 Å². The first kappa shape index (κ1) is 19.1. The summed E-state index contributed by atoms with van der Waals surface area (Å²) in [6.45, 7) is 3.63. The highest BCUT2D eigenvalue weighted by atomic mass is 16.6. The van der Waals surface area contributed by atoms with Gasteiger partial charge in [0.05, 0.1) is 24.5 Å². The van der Waals surface area contributed by atoms with E-state index in [1.165, 1.54) is 24.3 Å². The lowest BCUT2D eigenvalue weighted by Crippen LogP contribution is -2.28. The number of hydrogen-bond donors (Lipinski definition) is 1. The van der Waals surface area contributed by atoms with Gasteiger partial charge in [-0.15, -0.1) is 0 Å². The maximum Gasteiger partial charge on any atom is 0.420 e. The molecule has 0 bridgehead atoms. The molecule has 3 aromatic heterocycles. The second-order valence-corrected chi connectivity index (χ2v) is 6.11. The minimum atomic E-state index is -0.643. The lowest BCUT2D eigenvalue weighted by Gasteiger charge is -2.22. The first-order valence-corrected chi connectivity index (χ1v) is 9.05. The van der Waals surface area contributed by atoms with Crippen LogP contribution in [0, 0.1) is 0 Å². The summed E-state index contributed by atoms with van der Waals surface area (Å²) in [4.78, 5) is 27.2. The molecule has 9 nitrogen and oxygen atoms in total. The Hall–Kier alpha value is -4.27. The minimum absolute atomic E-state index is 0.0463. The maximum atomic E-state index is 12.9. The topological polar surface area (TPSA) is 106 Å². The van der Waals surface area contributed by atoms with Crippen molar-refractivity contribution >= 4 is 28.5 Å². The molecule has 4 aromatic rings. The van der Waals surface area contributed by atoms with E-state index in [4.69, 9.17) is 9.47 Å². The lowest BCUT2D eigenvalue weighted by atomic mass is 10.2. The highest BCUT2D eigenvalue weighted by Gasteiger charge is 2.26. The molecule has 0 unspecified atom stereocenters. The highest BCUT2D eigenvalue weighted by Crippen LogP contribution is 2.34. The molecule has 0 aliphatic rings. The fraction of sp³-hybridized carbons (Fsp3) is 0.0952. The lowest BCUT2D eigenvalue weighted by molar-refractivity contribution is 0.168. The van der Waals surface area contributed by atoms with Crippen LogP contribution >= 0.6 is 0 Å². The third kappa shape index (κ3) is 3.55. The summed E-state index contributed by atoms with van der Waals surface area (Å²) in [6, 6.07) is 11.0. The van der Waals surface area contributed by atoms with Crippen LogP contribution in [0.25, 0.3) is 22.4 Å². The van der Waals surface area contributed by atoms with E-state index in [0.717, 1.165) is 10.9 Å². The number of ether oxygens (including phenoxy) is 2. The number of amides is 1. The molecule has 0 spiro atoms. The molecule has 0 radical (unpaired) electrons. The van der Waals surface area contributed by atoms with Crippen LogP contribution in [0.15, 0.2) is 67.6 Å². The van der Waals surface area contributed by atoms with Gasteiger partial charge in [-0.1, -0.05) is 30.9 Å². The molecule has 0 fully saturated rings. The van der Waals surface area contributed by atoms with Gasteiger partial charge < -0.3 is 9.47 Å². The van der Waals surface area contributed by atoms with Crippen molar-refractivity contribution in [2.24, 2.45) is 0 Å². The molecule has 0 atom stereocenters. The van der Waals surface area contributed by atoms with Crippen molar-refractivity contribution in [2.75, 3.05) is 18.6 Å². The van der Waals surface area contributed by atoms with Crippen LogP contribution in [0.5, 0.6) is 5.75 Å². The summed E-state index contributed by atoms with van der Waals surface area (Å²) in [5.41, 5.74) is 1.92. The van der Waals surface area contributed by atoms with Crippen molar-refractivity contribution in [2.45, 2.75) is 0 Å². The van der Waals surface area contributed by atoms with Gasteiger partial charge in [-0.05, 0) is 18.2 Å². The number of para-hydroxylation sites is 1. The Morgan fingerprint density at radius 3 is 2.80 bits per heavy atom. The van der Waals surface area contributed by atoms with E-state index in [9.17, 15) is 4.79 Å². The summed E-state index contributed by atoms with van der Waals surface area (Å²) in [5, 5.41) is 8.16. The van der Waals surface area contributed by atoms with Crippen molar-refractivity contribution in [3.8, 4) is 17.3 Å². The number of aromatic amines is 1. The number of nitrogens with zero attached hydrogens (tertiary/aromatic N) is 5. The molecule has 0 aliphatic carbocycles. The number of benzene rings is 1. The third-order valence-corrected chi connectivity index (χ3v) is 4.28. The summed E-state index contributed by atoms with van der Waals surface area (Å²) < 4.78 is 10.7. The fourth-order valence-electron chi connectivity index (χ4n) is 2.92. The average molecular weight is 402 g/mol. The number of aromatic nitrogens is 5. The number of pyridine rings is 1. The van der Waals surface area contributed by atoms with Gasteiger partial charge in [0.2, 0.25) is 0 Å². The van der Waals surface area contributed by atoms with Gasteiger partial charge >= 0.3 is 6.09 Å². The minimum Gasteiger partial charge on any atom is -0.491 e. The number of carbonyl (C=O) groups is 1. The van der Waals surface area contributed by atoms with Gasteiger partial charge in [0, 0.05) is 17.8 Å². The average Bonchev–Trinajstić information content (AvgIpc) is 3.23. The van der Waals surface area contributed by atoms with Gasteiger partial charge in [0.1, 0.15) is 12.3 Å². The number of H-pyrrole nitrogens is 1. The van der Waals surface area contributed by atoms with Crippen LogP contribution in [-0.4, -0.2) is 45.0 Å². The molecule has 4 rings (SSSR count). The first-order chi connectivity index (χ1) is 14.7. The van der Waals surface area contributed by atoms with Crippen molar-refractivity contribution in [3.05, 3.63) is 67.6 Å². The summed E-state index contributed by atoms with van der Waals surface area (Å²) in [7, 11) is 1.48. The van der Waals surface area contributed by atoms with Crippen molar-refractivity contribution in [1.29, 1.82) is 0 Å². The summed E-state index contributed by atoms with van der Waals surface area (Å²) >= 11 is 0. The smallest absolute Gasteiger partial charge is 0.420 e. The maximum absolute atomic E-state index is 12.9. The zero-order valence-electron chi connectivity index (χ0n) is 16.1.